The van der Waals surface area contributed by atoms with Crippen molar-refractivity contribution in [1.29, 1.82) is 0 Å². The van der Waals surface area contributed by atoms with E-state index in [0.717, 1.165) is 23.6 Å². The predicted molar refractivity (Wildman–Crippen MR) is 98.5 cm³/mol. The van der Waals surface area contributed by atoms with Gasteiger partial charge < -0.3 is 24.0 Å². The molecule has 0 unspecified atom stereocenters. The van der Waals surface area contributed by atoms with E-state index in [2.05, 4.69) is 9.64 Å². The molecule has 1 aliphatic heterocycles. The molecule has 27 heavy (non-hydrogen) atoms. The van der Waals surface area contributed by atoms with Crippen LogP contribution in [-0.4, -0.2) is 69.2 Å². The lowest BCUT2D eigenvalue weighted by Crippen LogP contribution is -2.49. The molecule has 8 nitrogen and oxygen atoms in total. The molecule has 0 atom stereocenters. The largest absolute Gasteiger partial charge is 0.497 e. The molecule has 0 aliphatic carbocycles. The van der Waals surface area contributed by atoms with Crippen LogP contribution in [-0.2, 0) is 23.9 Å². The second-order valence-corrected chi connectivity index (χ2v) is 5.76. The monoisotopic (exact) mass is 376 g/mol. The van der Waals surface area contributed by atoms with E-state index in [0.29, 0.717) is 26.2 Å². The molecule has 1 amide bonds. The zero-order chi connectivity index (χ0) is 19.6. The van der Waals surface area contributed by atoms with Gasteiger partial charge in [0.2, 0.25) is 0 Å². The van der Waals surface area contributed by atoms with Gasteiger partial charge in [0, 0.05) is 44.0 Å². The molecular formula is C19H24N2O6. The fourth-order valence-corrected chi connectivity index (χ4v) is 2.61. The summed E-state index contributed by atoms with van der Waals surface area (Å²) in [6.45, 7) is 4.00. The number of ether oxygens (including phenoxy) is 3. The van der Waals surface area contributed by atoms with E-state index in [4.69, 9.17) is 9.47 Å². The number of anilines is 1. The van der Waals surface area contributed by atoms with Gasteiger partial charge in [-0.05, 0) is 31.2 Å². The van der Waals surface area contributed by atoms with Crippen LogP contribution in [0.15, 0.2) is 36.4 Å². The maximum atomic E-state index is 12.2. The molecule has 1 saturated heterocycles. The first-order chi connectivity index (χ1) is 13.0. The van der Waals surface area contributed by atoms with E-state index in [-0.39, 0.29) is 19.1 Å². The summed E-state index contributed by atoms with van der Waals surface area (Å²) in [6, 6.07) is 7.76. The summed E-state index contributed by atoms with van der Waals surface area (Å²) in [7, 11) is 1.62. The van der Waals surface area contributed by atoms with Crippen LogP contribution in [0.1, 0.15) is 6.92 Å². The van der Waals surface area contributed by atoms with Crippen molar-refractivity contribution in [2.24, 2.45) is 0 Å². The molecule has 146 valence electrons. The second kappa shape index (κ2) is 10.2. The number of benzene rings is 1. The molecule has 1 aromatic carbocycles. The Morgan fingerprint density at radius 3 is 2.11 bits per heavy atom. The minimum atomic E-state index is -0.756. The fraction of sp³-hybridized carbons (Fsp3) is 0.421. The van der Waals surface area contributed by atoms with Crippen LogP contribution < -0.4 is 9.64 Å². The van der Waals surface area contributed by atoms with Crippen molar-refractivity contribution in [2.75, 3.05) is 51.4 Å². The van der Waals surface area contributed by atoms with Crippen molar-refractivity contribution in [1.82, 2.24) is 4.90 Å². The molecule has 0 saturated carbocycles. The van der Waals surface area contributed by atoms with Gasteiger partial charge in [-0.2, -0.15) is 0 Å². The Morgan fingerprint density at radius 1 is 0.963 bits per heavy atom. The lowest BCUT2D eigenvalue weighted by Gasteiger charge is -2.36. The van der Waals surface area contributed by atoms with Crippen LogP contribution in [0.2, 0.25) is 0 Å². The summed E-state index contributed by atoms with van der Waals surface area (Å²) < 4.78 is 14.7. The van der Waals surface area contributed by atoms with E-state index in [1.54, 1.807) is 18.9 Å². The van der Waals surface area contributed by atoms with E-state index < -0.39 is 11.9 Å². The Bertz CT molecular complexity index is 678. The molecule has 0 radical (unpaired) electrons. The zero-order valence-electron chi connectivity index (χ0n) is 15.6. The minimum Gasteiger partial charge on any atom is -0.497 e. The number of methoxy groups -OCH3 is 1. The average Bonchev–Trinajstić information content (AvgIpc) is 2.71. The van der Waals surface area contributed by atoms with Gasteiger partial charge in [0.05, 0.1) is 13.7 Å². The van der Waals surface area contributed by atoms with E-state index in [9.17, 15) is 14.4 Å². The highest BCUT2D eigenvalue weighted by molar-refractivity contribution is 5.92. The molecular weight excluding hydrogens is 352 g/mol. The van der Waals surface area contributed by atoms with Gasteiger partial charge in [-0.25, -0.2) is 9.59 Å². The summed E-state index contributed by atoms with van der Waals surface area (Å²) in [5.41, 5.74) is 1.07. The first kappa shape index (κ1) is 20.3. The molecule has 0 N–H and O–H groups in total. The van der Waals surface area contributed by atoms with Gasteiger partial charge >= 0.3 is 11.9 Å². The third-order valence-corrected chi connectivity index (χ3v) is 4.05. The van der Waals surface area contributed by atoms with Crippen molar-refractivity contribution in [2.45, 2.75) is 6.92 Å². The fourth-order valence-electron chi connectivity index (χ4n) is 2.61. The van der Waals surface area contributed by atoms with Gasteiger partial charge in [0.25, 0.3) is 5.91 Å². The van der Waals surface area contributed by atoms with Gasteiger partial charge in [-0.15, -0.1) is 0 Å². The number of carbonyl (C=O) groups is 3. The number of hydrogen-bond acceptors (Lipinski definition) is 7. The number of carbonyl (C=O) groups excluding carboxylic acids is 3. The average molecular weight is 376 g/mol. The van der Waals surface area contributed by atoms with Crippen LogP contribution in [0, 0.1) is 0 Å². The smallest absolute Gasteiger partial charge is 0.331 e. The van der Waals surface area contributed by atoms with Crippen molar-refractivity contribution < 1.29 is 28.6 Å². The van der Waals surface area contributed by atoms with Gasteiger partial charge in [-0.3, -0.25) is 4.79 Å². The first-order valence-corrected chi connectivity index (χ1v) is 8.72. The van der Waals surface area contributed by atoms with Crippen molar-refractivity contribution >= 4 is 23.5 Å². The molecule has 0 spiro atoms. The number of piperazine rings is 1. The van der Waals surface area contributed by atoms with Crippen LogP contribution in [0.5, 0.6) is 5.75 Å². The van der Waals surface area contributed by atoms with Crippen molar-refractivity contribution in [3.63, 3.8) is 0 Å². The summed E-state index contributed by atoms with van der Waals surface area (Å²) in [5.74, 6) is -0.850. The number of hydrogen-bond donors (Lipinski definition) is 0. The summed E-state index contributed by atoms with van der Waals surface area (Å²) in [6.07, 6.45) is 1.93. The highest BCUT2D eigenvalue weighted by Crippen LogP contribution is 2.20. The SMILES string of the molecule is CCOC(=O)C=CC(=O)OCC(=O)N1CCN(c2ccc(OC)cc2)CC1. The van der Waals surface area contributed by atoms with E-state index >= 15 is 0 Å². The summed E-state index contributed by atoms with van der Waals surface area (Å²) >= 11 is 0. The van der Waals surface area contributed by atoms with Gasteiger partial charge in [-0.1, -0.05) is 0 Å². The van der Waals surface area contributed by atoms with E-state index in [1.165, 1.54) is 0 Å². The molecule has 1 heterocycles. The molecule has 0 aromatic heterocycles. The van der Waals surface area contributed by atoms with Crippen molar-refractivity contribution in [3.05, 3.63) is 36.4 Å². The lowest BCUT2D eigenvalue weighted by molar-refractivity contribution is -0.148. The number of esters is 2. The quantitative estimate of drug-likeness (QED) is 0.518. The van der Waals surface area contributed by atoms with E-state index in [1.807, 2.05) is 24.3 Å². The Kier molecular flexibility index (Phi) is 7.66. The molecule has 0 bridgehead atoms. The number of amides is 1. The van der Waals surface area contributed by atoms with Crippen LogP contribution in [0.3, 0.4) is 0 Å². The molecule has 1 aliphatic rings. The number of nitrogens with zero attached hydrogens (tertiary/aromatic N) is 2. The van der Waals surface area contributed by atoms with Crippen LogP contribution in [0.4, 0.5) is 5.69 Å². The highest BCUT2D eigenvalue weighted by atomic mass is 16.5. The van der Waals surface area contributed by atoms with Gasteiger partial charge in [0.15, 0.2) is 6.61 Å². The van der Waals surface area contributed by atoms with Gasteiger partial charge in [0.1, 0.15) is 5.75 Å². The Hall–Kier alpha value is -3.03. The zero-order valence-corrected chi connectivity index (χ0v) is 15.6. The Morgan fingerprint density at radius 2 is 1.56 bits per heavy atom. The Balaban J connectivity index is 1.74. The highest BCUT2D eigenvalue weighted by Gasteiger charge is 2.22. The summed E-state index contributed by atoms with van der Waals surface area (Å²) in [5, 5.41) is 0. The maximum absolute atomic E-state index is 12.2. The summed E-state index contributed by atoms with van der Waals surface area (Å²) in [4.78, 5) is 38.6. The topological polar surface area (TPSA) is 85.4 Å². The van der Waals surface area contributed by atoms with Crippen LogP contribution in [0.25, 0.3) is 0 Å². The molecule has 1 aromatic rings. The first-order valence-electron chi connectivity index (χ1n) is 8.72. The third kappa shape index (κ3) is 6.32. The lowest BCUT2D eigenvalue weighted by atomic mass is 10.2. The third-order valence-electron chi connectivity index (χ3n) is 4.05. The maximum Gasteiger partial charge on any atom is 0.331 e. The predicted octanol–water partition coefficient (Wildman–Crippen LogP) is 1.01. The molecule has 8 heteroatoms. The van der Waals surface area contributed by atoms with Crippen molar-refractivity contribution in [3.8, 4) is 5.75 Å². The standard InChI is InChI=1S/C19H24N2O6/c1-3-26-18(23)8-9-19(24)27-14-17(22)21-12-10-20(11-13-21)15-4-6-16(25-2)7-5-15/h4-9H,3,10-14H2,1-2H3. The minimum absolute atomic E-state index is 0.221. The molecule has 2 rings (SSSR count). The number of rotatable bonds is 7. The Labute approximate surface area is 158 Å². The van der Waals surface area contributed by atoms with Crippen LogP contribution >= 0.6 is 0 Å². The normalized spacial score (nSPS) is 14.1. The molecule has 1 fully saturated rings. The second-order valence-electron chi connectivity index (χ2n) is 5.76.